The van der Waals surface area contributed by atoms with Gasteiger partial charge in [-0.25, -0.2) is 4.79 Å². The Morgan fingerprint density at radius 1 is 1.00 bits per heavy atom. The lowest BCUT2D eigenvalue weighted by atomic mass is 10.0. The second-order valence-corrected chi connectivity index (χ2v) is 7.22. The number of esters is 1. The predicted molar refractivity (Wildman–Crippen MR) is 118 cm³/mol. The number of carbonyl (C=O) groups excluding carboxylic acids is 2. The highest BCUT2D eigenvalue weighted by atomic mass is 16.5. The van der Waals surface area contributed by atoms with Crippen LogP contribution in [0.3, 0.4) is 0 Å². The summed E-state index contributed by atoms with van der Waals surface area (Å²) in [5.74, 6) is 0.983. The third kappa shape index (κ3) is 4.08. The normalized spacial score (nSPS) is 13.6. The van der Waals surface area contributed by atoms with Gasteiger partial charge in [0.1, 0.15) is 17.2 Å². The Morgan fingerprint density at radius 2 is 1.71 bits per heavy atom. The van der Waals surface area contributed by atoms with E-state index in [0.29, 0.717) is 33.9 Å². The molecule has 5 heteroatoms. The van der Waals surface area contributed by atoms with Crippen molar-refractivity contribution in [2.75, 3.05) is 7.11 Å². The number of carbonyl (C=O) groups is 2. The van der Waals surface area contributed by atoms with Crippen molar-refractivity contribution < 1.29 is 23.8 Å². The predicted octanol–water partition coefficient (Wildman–Crippen LogP) is 5.40. The number of aryl methyl sites for hydroxylation is 1. The largest absolute Gasteiger partial charge is 0.497 e. The molecule has 0 aromatic heterocycles. The van der Waals surface area contributed by atoms with Gasteiger partial charge >= 0.3 is 5.97 Å². The molecule has 0 fully saturated rings. The van der Waals surface area contributed by atoms with Crippen molar-refractivity contribution in [3.8, 4) is 17.2 Å². The average molecular weight is 414 g/mol. The van der Waals surface area contributed by atoms with Gasteiger partial charge in [-0.1, -0.05) is 31.2 Å². The van der Waals surface area contributed by atoms with Gasteiger partial charge in [-0.3, -0.25) is 4.79 Å². The van der Waals surface area contributed by atoms with Crippen LogP contribution in [-0.4, -0.2) is 18.9 Å². The van der Waals surface area contributed by atoms with Crippen LogP contribution < -0.4 is 14.2 Å². The third-order valence-corrected chi connectivity index (χ3v) is 5.25. The summed E-state index contributed by atoms with van der Waals surface area (Å²) in [6, 6.07) is 17.9. The summed E-state index contributed by atoms with van der Waals surface area (Å²) in [5, 5.41) is 0. The van der Waals surface area contributed by atoms with Crippen LogP contribution in [0.2, 0.25) is 0 Å². The Hall–Kier alpha value is -3.86. The van der Waals surface area contributed by atoms with E-state index < -0.39 is 5.97 Å². The molecule has 0 aliphatic carbocycles. The molecular weight excluding hydrogens is 392 g/mol. The maximum Gasteiger partial charge on any atom is 0.343 e. The summed E-state index contributed by atoms with van der Waals surface area (Å²) >= 11 is 0. The summed E-state index contributed by atoms with van der Waals surface area (Å²) < 4.78 is 16.5. The van der Waals surface area contributed by atoms with Gasteiger partial charge in [0.2, 0.25) is 5.78 Å². The first kappa shape index (κ1) is 20.4. The van der Waals surface area contributed by atoms with Crippen molar-refractivity contribution in [1.29, 1.82) is 0 Å². The first-order valence-electron chi connectivity index (χ1n) is 10.0. The standard InChI is InChI=1S/C26H22O5/c1-4-17-5-7-18(8-6-17)15-23-24(27)21-13-14-22(16(2)25(21)30-23)31-26(28)19-9-11-20(29-3)12-10-19/h5-15H,4H2,1-3H3/b23-15-. The van der Waals surface area contributed by atoms with E-state index in [1.807, 2.05) is 24.3 Å². The van der Waals surface area contributed by atoms with Crippen LogP contribution in [0.25, 0.3) is 6.08 Å². The molecule has 0 bridgehead atoms. The molecule has 0 amide bonds. The Balaban J connectivity index is 1.56. The van der Waals surface area contributed by atoms with Crippen molar-refractivity contribution in [3.63, 3.8) is 0 Å². The third-order valence-electron chi connectivity index (χ3n) is 5.25. The molecule has 0 saturated heterocycles. The second kappa shape index (κ2) is 8.48. The molecule has 0 saturated carbocycles. The molecule has 0 spiro atoms. The summed E-state index contributed by atoms with van der Waals surface area (Å²) in [6.45, 7) is 3.86. The summed E-state index contributed by atoms with van der Waals surface area (Å²) in [4.78, 5) is 25.3. The van der Waals surface area contributed by atoms with Gasteiger partial charge in [0, 0.05) is 5.56 Å². The fourth-order valence-electron chi connectivity index (χ4n) is 3.37. The number of hydrogen-bond acceptors (Lipinski definition) is 5. The fourth-order valence-corrected chi connectivity index (χ4v) is 3.37. The molecule has 31 heavy (non-hydrogen) atoms. The maximum atomic E-state index is 12.8. The second-order valence-electron chi connectivity index (χ2n) is 7.22. The Labute approximate surface area is 180 Å². The molecule has 1 aliphatic heterocycles. The van der Waals surface area contributed by atoms with Crippen LogP contribution in [0, 0.1) is 6.92 Å². The molecule has 4 rings (SSSR count). The van der Waals surface area contributed by atoms with E-state index in [0.717, 1.165) is 12.0 Å². The fraction of sp³-hybridized carbons (Fsp3) is 0.154. The smallest absolute Gasteiger partial charge is 0.343 e. The quantitative estimate of drug-likeness (QED) is 0.318. The number of ether oxygens (including phenoxy) is 3. The van der Waals surface area contributed by atoms with Gasteiger partial charge in [-0.2, -0.15) is 0 Å². The van der Waals surface area contributed by atoms with E-state index in [4.69, 9.17) is 14.2 Å². The number of hydrogen-bond donors (Lipinski definition) is 0. The number of rotatable bonds is 5. The molecule has 156 valence electrons. The lowest BCUT2D eigenvalue weighted by Gasteiger charge is -2.10. The van der Waals surface area contributed by atoms with Crippen molar-refractivity contribution >= 4 is 17.8 Å². The van der Waals surface area contributed by atoms with Crippen LogP contribution in [0.5, 0.6) is 17.2 Å². The van der Waals surface area contributed by atoms with E-state index >= 15 is 0 Å². The highest BCUT2D eigenvalue weighted by Gasteiger charge is 2.30. The monoisotopic (exact) mass is 414 g/mol. The Kier molecular flexibility index (Phi) is 5.58. The Bertz CT molecular complexity index is 1170. The number of benzene rings is 3. The molecule has 0 N–H and O–H groups in total. The van der Waals surface area contributed by atoms with Gasteiger partial charge in [0.05, 0.1) is 18.2 Å². The van der Waals surface area contributed by atoms with Gasteiger partial charge in [-0.15, -0.1) is 0 Å². The van der Waals surface area contributed by atoms with Gasteiger partial charge < -0.3 is 14.2 Å². The molecule has 3 aromatic rings. The summed E-state index contributed by atoms with van der Waals surface area (Å²) in [6.07, 6.45) is 2.68. The lowest BCUT2D eigenvalue weighted by Crippen LogP contribution is -2.09. The number of Topliss-reactive ketones (excluding diaryl/α,β-unsaturated/α-hetero) is 1. The Morgan fingerprint density at radius 3 is 2.35 bits per heavy atom. The maximum absolute atomic E-state index is 12.8. The van der Waals surface area contributed by atoms with Crippen LogP contribution >= 0.6 is 0 Å². The van der Waals surface area contributed by atoms with Crippen LogP contribution in [0.15, 0.2) is 66.4 Å². The van der Waals surface area contributed by atoms with Crippen LogP contribution in [-0.2, 0) is 6.42 Å². The first-order chi connectivity index (χ1) is 15.0. The average Bonchev–Trinajstić information content (AvgIpc) is 3.12. The minimum Gasteiger partial charge on any atom is -0.497 e. The molecular formula is C26H22O5. The van der Waals surface area contributed by atoms with Crippen LogP contribution in [0.4, 0.5) is 0 Å². The van der Waals surface area contributed by atoms with Crippen molar-refractivity contribution in [2.24, 2.45) is 0 Å². The van der Waals surface area contributed by atoms with E-state index in [2.05, 4.69) is 6.92 Å². The van der Waals surface area contributed by atoms with E-state index in [1.54, 1.807) is 56.5 Å². The molecule has 5 nitrogen and oxygen atoms in total. The minimum absolute atomic E-state index is 0.189. The highest BCUT2D eigenvalue weighted by molar-refractivity contribution is 6.15. The molecule has 1 aliphatic rings. The molecule has 0 radical (unpaired) electrons. The van der Waals surface area contributed by atoms with Gasteiger partial charge in [0.15, 0.2) is 5.76 Å². The lowest BCUT2D eigenvalue weighted by molar-refractivity contribution is 0.0733. The molecule has 0 atom stereocenters. The summed E-state index contributed by atoms with van der Waals surface area (Å²) in [5.41, 5.74) is 3.56. The number of allylic oxidation sites excluding steroid dienone is 1. The summed E-state index contributed by atoms with van der Waals surface area (Å²) in [7, 11) is 1.56. The zero-order valence-corrected chi connectivity index (χ0v) is 17.6. The topological polar surface area (TPSA) is 61.8 Å². The van der Waals surface area contributed by atoms with Crippen molar-refractivity contribution in [1.82, 2.24) is 0 Å². The number of methoxy groups -OCH3 is 1. The minimum atomic E-state index is -0.498. The van der Waals surface area contributed by atoms with E-state index in [1.165, 1.54) is 5.56 Å². The number of ketones is 1. The SMILES string of the molecule is CCc1ccc(/C=C2\Oc3c(ccc(OC(=O)c4ccc(OC)cc4)c3C)C2=O)cc1. The van der Waals surface area contributed by atoms with Crippen molar-refractivity contribution in [2.45, 2.75) is 20.3 Å². The van der Waals surface area contributed by atoms with Crippen LogP contribution in [0.1, 0.15) is 44.3 Å². The molecule has 1 heterocycles. The number of fused-ring (bicyclic) bond motifs is 1. The van der Waals surface area contributed by atoms with E-state index in [9.17, 15) is 9.59 Å². The van der Waals surface area contributed by atoms with E-state index in [-0.39, 0.29) is 11.5 Å². The van der Waals surface area contributed by atoms with Crippen molar-refractivity contribution in [3.05, 3.63) is 94.2 Å². The van der Waals surface area contributed by atoms with Gasteiger partial charge in [-0.05, 0) is 66.9 Å². The molecule has 0 unspecified atom stereocenters. The highest BCUT2D eigenvalue weighted by Crippen LogP contribution is 2.39. The zero-order valence-electron chi connectivity index (χ0n) is 17.6. The molecule has 3 aromatic carbocycles. The first-order valence-corrected chi connectivity index (χ1v) is 10.0. The zero-order chi connectivity index (χ0) is 22.0. The van der Waals surface area contributed by atoms with Gasteiger partial charge in [0.25, 0.3) is 0 Å².